The van der Waals surface area contributed by atoms with Crippen LogP contribution < -0.4 is 10.7 Å². The number of phenolic OH excluding ortho intramolecular Hbond substituents is 1. The minimum atomic E-state index is -4.57. The monoisotopic (exact) mass is 461 g/mol. The highest BCUT2D eigenvalue weighted by molar-refractivity contribution is 5.78. The van der Waals surface area contributed by atoms with Gasteiger partial charge in [-0.2, -0.15) is 13.2 Å². The van der Waals surface area contributed by atoms with Crippen molar-refractivity contribution in [1.29, 1.82) is 0 Å². The van der Waals surface area contributed by atoms with E-state index < -0.39 is 23.6 Å². The third-order valence-corrected chi connectivity index (χ3v) is 5.91. The lowest BCUT2D eigenvalue weighted by Crippen LogP contribution is -2.38. The molecule has 0 bridgehead atoms. The van der Waals surface area contributed by atoms with Crippen molar-refractivity contribution in [2.24, 2.45) is 11.0 Å². The largest absolute Gasteiger partial charge is 0.507 e. The number of aryl methyl sites for hydroxylation is 1. The number of aromatic nitrogens is 1. The van der Waals surface area contributed by atoms with E-state index in [4.69, 9.17) is 0 Å². The van der Waals surface area contributed by atoms with E-state index in [9.17, 15) is 28.2 Å². The van der Waals surface area contributed by atoms with E-state index in [1.807, 2.05) is 6.21 Å². The van der Waals surface area contributed by atoms with Gasteiger partial charge in [-0.15, -0.1) is 0 Å². The van der Waals surface area contributed by atoms with Crippen molar-refractivity contribution in [2.45, 2.75) is 39.0 Å². The van der Waals surface area contributed by atoms with Crippen molar-refractivity contribution in [3.63, 3.8) is 0 Å². The summed E-state index contributed by atoms with van der Waals surface area (Å²) in [5.74, 6) is -0.398. The molecule has 2 unspecified atom stereocenters. The number of carbonyl (C=O) groups excluding carboxylic acids is 1. The van der Waals surface area contributed by atoms with Gasteiger partial charge >= 0.3 is 6.18 Å². The molecule has 2 aliphatic heterocycles. The smallest absolute Gasteiger partial charge is 0.416 e. The summed E-state index contributed by atoms with van der Waals surface area (Å²) < 4.78 is 40.8. The minimum absolute atomic E-state index is 0.0418. The van der Waals surface area contributed by atoms with Crippen molar-refractivity contribution in [3.8, 4) is 17.0 Å². The van der Waals surface area contributed by atoms with E-state index in [0.29, 0.717) is 41.9 Å². The topological polar surface area (TPSA) is 89.0 Å². The molecule has 0 spiro atoms. The number of piperidine rings is 1. The molecule has 0 saturated carbocycles. The lowest BCUT2D eigenvalue weighted by atomic mass is 9.99. The molecule has 2 aliphatic rings. The summed E-state index contributed by atoms with van der Waals surface area (Å²) in [6.07, 6.45) is -2.49. The number of fused-ring (bicyclic) bond motifs is 1. The molecule has 1 amide bonds. The molecule has 2 N–H and O–H groups in total. The Morgan fingerprint density at radius 2 is 2.03 bits per heavy atom. The fourth-order valence-electron chi connectivity index (χ4n) is 4.30. The van der Waals surface area contributed by atoms with Gasteiger partial charge in [-0.3, -0.25) is 4.79 Å². The van der Waals surface area contributed by atoms with Crippen LogP contribution >= 0.6 is 0 Å². The number of amides is 1. The van der Waals surface area contributed by atoms with Crippen LogP contribution in [0.25, 0.3) is 17.0 Å². The minimum Gasteiger partial charge on any atom is -0.507 e. The number of halogens is 3. The van der Waals surface area contributed by atoms with Crippen LogP contribution in [0.15, 0.2) is 29.4 Å². The predicted octanol–water partition coefficient (Wildman–Crippen LogP) is 1.77. The molecule has 0 aliphatic carbocycles. The summed E-state index contributed by atoms with van der Waals surface area (Å²) in [6, 6.07) is 4.92. The molecule has 3 heterocycles. The van der Waals surface area contributed by atoms with Gasteiger partial charge in [0.15, 0.2) is 6.21 Å². The lowest BCUT2D eigenvalue weighted by molar-refractivity contribution is -0.445. The number of phenols is 1. The van der Waals surface area contributed by atoms with Crippen LogP contribution in [-0.2, 0) is 11.0 Å². The summed E-state index contributed by atoms with van der Waals surface area (Å²) in [4.78, 5) is 17.9. The molecule has 1 aromatic heterocycles. The zero-order valence-electron chi connectivity index (χ0n) is 18.4. The first kappa shape index (κ1) is 22.9. The van der Waals surface area contributed by atoms with Crippen LogP contribution in [0, 0.1) is 12.8 Å². The van der Waals surface area contributed by atoms with E-state index in [-0.39, 0.29) is 28.6 Å². The van der Waals surface area contributed by atoms with Crippen LogP contribution in [0.3, 0.4) is 0 Å². The Balaban J connectivity index is 1.79. The first-order valence-corrected chi connectivity index (χ1v) is 10.5. The number of rotatable bonds is 3. The van der Waals surface area contributed by atoms with Crippen LogP contribution in [0.2, 0.25) is 0 Å². The van der Waals surface area contributed by atoms with Gasteiger partial charge in [0.1, 0.15) is 11.9 Å². The van der Waals surface area contributed by atoms with Crippen molar-refractivity contribution in [2.75, 3.05) is 13.6 Å². The van der Waals surface area contributed by atoms with Gasteiger partial charge in [0.05, 0.1) is 22.4 Å². The zero-order valence-corrected chi connectivity index (χ0v) is 18.4. The number of alkyl halides is 3. The predicted molar refractivity (Wildman–Crippen MR) is 114 cm³/mol. The molecular formula is C23H24F3N4O3+. The van der Waals surface area contributed by atoms with Crippen molar-refractivity contribution < 1.29 is 32.9 Å². The van der Waals surface area contributed by atoms with E-state index in [1.54, 1.807) is 35.7 Å². The molecule has 0 radical (unpaired) electrons. The Bertz CT molecular complexity index is 1260. The lowest BCUT2D eigenvalue weighted by Gasteiger charge is -2.25. The number of carbonyl (C=O) groups is 1. The first-order chi connectivity index (χ1) is 15.5. The average Bonchev–Trinajstić information content (AvgIpc) is 3.07. The van der Waals surface area contributed by atoms with Crippen molar-refractivity contribution in [1.82, 2.24) is 9.88 Å². The molecule has 2 aromatic rings. The number of hydrogen-bond acceptors (Lipinski definition) is 5. The molecule has 1 fully saturated rings. The summed E-state index contributed by atoms with van der Waals surface area (Å²) in [6.45, 7) is 3.62. The van der Waals surface area contributed by atoms with Crippen molar-refractivity contribution in [3.05, 3.63) is 46.1 Å². The maximum absolute atomic E-state index is 13.1. The fourth-order valence-corrected chi connectivity index (χ4v) is 4.30. The fraction of sp³-hybridized carbons (Fsp3) is 0.391. The van der Waals surface area contributed by atoms with E-state index >= 15 is 0 Å². The number of aliphatic hydroxyl groups excluding tert-OH is 1. The normalized spacial score (nSPS) is 20.8. The summed E-state index contributed by atoms with van der Waals surface area (Å²) in [7, 11) is 1.74. The highest BCUT2D eigenvalue weighted by Gasteiger charge is 2.33. The quantitative estimate of drug-likeness (QED) is 0.682. The molecule has 7 nitrogen and oxygen atoms in total. The Morgan fingerprint density at radius 3 is 2.64 bits per heavy atom. The molecule has 10 heteroatoms. The van der Waals surface area contributed by atoms with Gasteiger partial charge in [0.25, 0.3) is 5.70 Å². The number of aliphatic hydroxyl groups is 1. The Kier molecular flexibility index (Phi) is 5.73. The Hall–Kier alpha value is -3.27. The highest BCUT2D eigenvalue weighted by Crippen LogP contribution is 2.38. The summed E-state index contributed by atoms with van der Waals surface area (Å²) in [5.41, 5.74) is 0.570. The standard InChI is InChI=1S/C23H23F3N4O3/c1-12-8-15(23(24,25)26)9-18(32)20(12)17-6-5-16-21(13(2)31)30(28-22(16)27-17)11-14-4-7-19(33)29(3)10-14/h5-6,8-9,11,13-14,31H,4,7,10H2,1-3H3/p+1/b30-11-. The van der Waals surface area contributed by atoms with Gasteiger partial charge in [0.2, 0.25) is 11.4 Å². The molecule has 1 aromatic carbocycles. The third kappa shape index (κ3) is 4.35. The Labute approximate surface area is 187 Å². The maximum Gasteiger partial charge on any atom is 0.416 e. The summed E-state index contributed by atoms with van der Waals surface area (Å²) in [5, 5.41) is 25.8. The molecule has 4 rings (SSSR count). The van der Waals surface area contributed by atoms with Crippen LogP contribution in [0.5, 0.6) is 5.75 Å². The number of aromatic hydroxyl groups is 1. The second kappa shape index (κ2) is 8.26. The van der Waals surface area contributed by atoms with Crippen molar-refractivity contribution >= 4 is 17.8 Å². The number of benzene rings is 1. The molecule has 1 saturated heterocycles. The van der Waals surface area contributed by atoms with Gasteiger partial charge in [-0.1, -0.05) is 4.68 Å². The van der Waals surface area contributed by atoms with E-state index in [0.717, 1.165) is 6.07 Å². The number of pyridine rings is 1. The average molecular weight is 461 g/mol. The first-order valence-electron chi connectivity index (χ1n) is 10.5. The maximum atomic E-state index is 13.1. The third-order valence-electron chi connectivity index (χ3n) is 5.91. The van der Waals surface area contributed by atoms with Gasteiger partial charge < -0.3 is 15.1 Å². The number of likely N-dealkylation sites (tertiary alicyclic amines) is 1. The number of nitrogens with zero attached hydrogens (tertiary/aromatic N) is 4. The van der Waals surface area contributed by atoms with Gasteiger partial charge in [-0.05, 0) is 50.1 Å². The Morgan fingerprint density at radius 1 is 1.30 bits per heavy atom. The molecular weight excluding hydrogens is 437 g/mol. The van der Waals surface area contributed by atoms with Gasteiger partial charge in [0, 0.05) is 30.7 Å². The second-order valence-electron chi connectivity index (χ2n) is 8.48. The summed E-state index contributed by atoms with van der Waals surface area (Å²) >= 11 is 0. The number of hydrogen-bond donors (Lipinski definition) is 2. The molecule has 174 valence electrons. The van der Waals surface area contributed by atoms with Gasteiger partial charge in [-0.25, -0.2) is 4.98 Å². The molecule has 2 atom stereocenters. The zero-order chi connectivity index (χ0) is 24.1. The molecule has 33 heavy (non-hydrogen) atoms. The highest BCUT2D eigenvalue weighted by atomic mass is 19.4. The van der Waals surface area contributed by atoms with Crippen LogP contribution in [0.1, 0.15) is 30.9 Å². The van der Waals surface area contributed by atoms with E-state index in [2.05, 4.69) is 10.1 Å². The second-order valence-corrected chi connectivity index (χ2v) is 8.48. The van der Waals surface area contributed by atoms with Crippen LogP contribution in [0.4, 0.5) is 13.2 Å². The van der Waals surface area contributed by atoms with E-state index in [1.165, 1.54) is 6.92 Å². The van der Waals surface area contributed by atoms with Crippen LogP contribution in [-0.4, -0.2) is 56.6 Å². The SMILES string of the molecule is Cc1cc(C(F)(F)F)cc(O)c1-c1ccc2c(n1)=N/[N+](=C\C1CCC(=O)N(C)C1)C=2C(C)O.